The Labute approximate surface area is 120 Å². The number of aromatic nitrogens is 2. The molecule has 1 aromatic rings. The van der Waals surface area contributed by atoms with Crippen LogP contribution in [0.15, 0.2) is 0 Å². The summed E-state index contributed by atoms with van der Waals surface area (Å²) in [5, 5.41) is 7.09. The molecule has 3 N–H and O–H groups in total. The molecule has 1 aliphatic rings. The van der Waals surface area contributed by atoms with Crippen molar-refractivity contribution in [2.24, 2.45) is 0 Å². The van der Waals surface area contributed by atoms with E-state index in [9.17, 15) is 4.79 Å². The zero-order valence-electron chi connectivity index (χ0n) is 12.8. The monoisotopic (exact) mass is 278 g/mol. The summed E-state index contributed by atoms with van der Waals surface area (Å²) in [4.78, 5) is 14.7. The van der Waals surface area contributed by atoms with E-state index in [-0.39, 0.29) is 11.8 Å². The van der Waals surface area contributed by atoms with Crippen molar-refractivity contribution in [2.45, 2.75) is 64.8 Å². The Kier molecular flexibility index (Phi) is 4.68. The third-order valence-corrected chi connectivity index (χ3v) is 4.22. The predicted octanol–water partition coefficient (Wildman–Crippen LogP) is 2.91. The van der Waals surface area contributed by atoms with E-state index in [1.807, 2.05) is 18.7 Å². The van der Waals surface area contributed by atoms with Gasteiger partial charge >= 0.3 is 0 Å². The number of amides is 1. The quantitative estimate of drug-likeness (QED) is 0.892. The number of nitrogens with two attached hydrogens (primary N) is 1. The van der Waals surface area contributed by atoms with Gasteiger partial charge in [0.05, 0.1) is 11.4 Å². The average Bonchev–Trinajstić information content (AvgIpc) is 2.66. The van der Waals surface area contributed by atoms with Gasteiger partial charge in [-0.3, -0.25) is 9.89 Å². The van der Waals surface area contributed by atoms with Crippen LogP contribution >= 0.6 is 0 Å². The molecule has 112 valence electrons. The van der Waals surface area contributed by atoms with Crippen LogP contribution in [0.25, 0.3) is 0 Å². The third kappa shape index (κ3) is 2.81. The predicted molar refractivity (Wildman–Crippen MR) is 80.7 cm³/mol. The zero-order chi connectivity index (χ0) is 14.7. The van der Waals surface area contributed by atoms with E-state index in [0.29, 0.717) is 17.4 Å². The van der Waals surface area contributed by atoms with Gasteiger partial charge in [-0.25, -0.2) is 0 Å². The largest absolute Gasteiger partial charge is 0.395 e. The summed E-state index contributed by atoms with van der Waals surface area (Å²) in [6, 6.07) is 0.323. The fourth-order valence-electron chi connectivity index (χ4n) is 2.97. The number of carbonyl (C=O) groups excluding carboxylic acids is 1. The standard InChI is InChI=1S/C15H26N4O/c1-4-11-8-6-5-7-9-19(11)15(20)14-12(16)13(10(2)3)17-18-14/h10-11H,4-9,16H2,1-3H3,(H,17,18). The normalized spacial score (nSPS) is 20.2. The Balaban J connectivity index is 2.25. The molecule has 5 heteroatoms. The summed E-state index contributed by atoms with van der Waals surface area (Å²) in [5.74, 6) is 0.231. The third-order valence-electron chi connectivity index (χ3n) is 4.22. The van der Waals surface area contributed by atoms with E-state index in [1.165, 1.54) is 12.8 Å². The molecule has 1 aromatic heterocycles. The Morgan fingerprint density at radius 1 is 1.45 bits per heavy atom. The zero-order valence-corrected chi connectivity index (χ0v) is 12.8. The van der Waals surface area contributed by atoms with Crippen molar-refractivity contribution in [1.29, 1.82) is 0 Å². The Hall–Kier alpha value is -1.52. The molecule has 0 aliphatic carbocycles. The molecule has 1 unspecified atom stereocenters. The molecule has 2 heterocycles. The molecule has 0 bridgehead atoms. The highest BCUT2D eigenvalue weighted by molar-refractivity contribution is 5.97. The lowest BCUT2D eigenvalue weighted by atomic mass is 10.1. The summed E-state index contributed by atoms with van der Waals surface area (Å²) < 4.78 is 0. The number of H-pyrrole nitrogens is 1. The minimum absolute atomic E-state index is 0.0144. The number of rotatable bonds is 3. The lowest BCUT2D eigenvalue weighted by Gasteiger charge is -2.28. The van der Waals surface area contributed by atoms with Crippen LogP contribution in [0.5, 0.6) is 0 Å². The van der Waals surface area contributed by atoms with Crippen LogP contribution in [-0.4, -0.2) is 33.6 Å². The van der Waals surface area contributed by atoms with Gasteiger partial charge in [0.25, 0.3) is 5.91 Å². The van der Waals surface area contributed by atoms with Crippen LogP contribution in [0.3, 0.4) is 0 Å². The van der Waals surface area contributed by atoms with Crippen LogP contribution in [-0.2, 0) is 0 Å². The maximum Gasteiger partial charge on any atom is 0.276 e. The first-order valence-electron chi connectivity index (χ1n) is 7.71. The van der Waals surface area contributed by atoms with Crippen LogP contribution in [0.2, 0.25) is 0 Å². The van der Waals surface area contributed by atoms with Gasteiger partial charge < -0.3 is 10.6 Å². The minimum atomic E-state index is -0.0144. The molecule has 1 aliphatic heterocycles. The number of hydrogen-bond acceptors (Lipinski definition) is 3. The highest BCUT2D eigenvalue weighted by Crippen LogP contribution is 2.26. The van der Waals surface area contributed by atoms with Gasteiger partial charge in [0.2, 0.25) is 0 Å². The highest BCUT2D eigenvalue weighted by atomic mass is 16.2. The number of nitrogens with one attached hydrogen (secondary N) is 1. The average molecular weight is 278 g/mol. The van der Waals surface area contributed by atoms with Gasteiger partial charge in [-0.15, -0.1) is 0 Å². The maximum atomic E-state index is 12.7. The SMILES string of the molecule is CCC1CCCCCN1C(=O)c1n[nH]c(C(C)C)c1N. The molecule has 0 spiro atoms. The summed E-state index contributed by atoms with van der Waals surface area (Å²) in [6.45, 7) is 7.04. The molecule has 2 rings (SSSR count). The molecular weight excluding hydrogens is 252 g/mol. The lowest BCUT2D eigenvalue weighted by Crippen LogP contribution is -2.40. The van der Waals surface area contributed by atoms with Gasteiger partial charge in [0, 0.05) is 12.6 Å². The number of nitrogen functional groups attached to an aromatic ring is 1. The number of hydrogen-bond donors (Lipinski definition) is 2. The van der Waals surface area contributed by atoms with Gasteiger partial charge in [0.1, 0.15) is 0 Å². The van der Waals surface area contributed by atoms with E-state index < -0.39 is 0 Å². The first kappa shape index (κ1) is 14.9. The van der Waals surface area contributed by atoms with Crippen LogP contribution in [0.1, 0.15) is 75.0 Å². The van der Waals surface area contributed by atoms with Gasteiger partial charge in [0.15, 0.2) is 5.69 Å². The second-order valence-electron chi connectivity index (χ2n) is 5.96. The van der Waals surface area contributed by atoms with E-state index in [4.69, 9.17) is 5.73 Å². The summed E-state index contributed by atoms with van der Waals surface area (Å²) in [6.07, 6.45) is 5.56. The number of anilines is 1. The van der Waals surface area contributed by atoms with Gasteiger partial charge in [-0.1, -0.05) is 33.6 Å². The Bertz CT molecular complexity index is 466. The van der Waals surface area contributed by atoms with E-state index >= 15 is 0 Å². The fraction of sp³-hybridized carbons (Fsp3) is 0.733. The molecular formula is C15H26N4O. The van der Waals surface area contributed by atoms with E-state index in [0.717, 1.165) is 31.5 Å². The Morgan fingerprint density at radius 2 is 2.20 bits per heavy atom. The molecule has 0 saturated carbocycles. The van der Waals surface area contributed by atoms with Crippen LogP contribution in [0.4, 0.5) is 5.69 Å². The van der Waals surface area contributed by atoms with Crippen LogP contribution < -0.4 is 5.73 Å². The molecule has 1 fully saturated rings. The van der Waals surface area contributed by atoms with Crippen molar-refractivity contribution in [3.8, 4) is 0 Å². The molecule has 1 amide bonds. The second-order valence-corrected chi connectivity index (χ2v) is 5.96. The van der Waals surface area contributed by atoms with Crippen molar-refractivity contribution in [1.82, 2.24) is 15.1 Å². The number of nitrogens with zero attached hydrogens (tertiary/aromatic N) is 2. The topological polar surface area (TPSA) is 75.0 Å². The van der Waals surface area contributed by atoms with Crippen molar-refractivity contribution in [3.63, 3.8) is 0 Å². The smallest absolute Gasteiger partial charge is 0.276 e. The lowest BCUT2D eigenvalue weighted by molar-refractivity contribution is 0.0673. The first-order valence-corrected chi connectivity index (χ1v) is 7.71. The number of carbonyl (C=O) groups is 1. The number of likely N-dealkylation sites (tertiary alicyclic amines) is 1. The number of aromatic amines is 1. The second kappa shape index (κ2) is 6.29. The van der Waals surface area contributed by atoms with E-state index in [2.05, 4.69) is 17.1 Å². The highest BCUT2D eigenvalue weighted by Gasteiger charge is 2.29. The molecule has 1 saturated heterocycles. The Morgan fingerprint density at radius 3 is 2.80 bits per heavy atom. The molecule has 20 heavy (non-hydrogen) atoms. The maximum absolute atomic E-state index is 12.7. The van der Waals surface area contributed by atoms with Crippen LogP contribution in [0, 0.1) is 0 Å². The van der Waals surface area contributed by atoms with Crippen molar-refractivity contribution in [2.75, 3.05) is 12.3 Å². The molecule has 0 aromatic carbocycles. The van der Waals surface area contributed by atoms with Crippen molar-refractivity contribution in [3.05, 3.63) is 11.4 Å². The van der Waals surface area contributed by atoms with E-state index in [1.54, 1.807) is 0 Å². The fourth-order valence-corrected chi connectivity index (χ4v) is 2.97. The molecule has 0 radical (unpaired) electrons. The minimum Gasteiger partial charge on any atom is -0.395 e. The van der Waals surface area contributed by atoms with Gasteiger partial charge in [-0.05, 0) is 25.2 Å². The van der Waals surface area contributed by atoms with Gasteiger partial charge in [-0.2, -0.15) is 5.10 Å². The van der Waals surface area contributed by atoms with Crippen molar-refractivity contribution >= 4 is 11.6 Å². The summed E-state index contributed by atoms with van der Waals surface area (Å²) in [7, 11) is 0. The van der Waals surface area contributed by atoms with Crippen molar-refractivity contribution < 1.29 is 4.79 Å². The first-order chi connectivity index (χ1) is 9.56. The molecule has 1 atom stereocenters. The molecule has 5 nitrogen and oxygen atoms in total. The summed E-state index contributed by atoms with van der Waals surface area (Å²) in [5.41, 5.74) is 7.87. The summed E-state index contributed by atoms with van der Waals surface area (Å²) >= 11 is 0.